The van der Waals surface area contributed by atoms with Crippen LogP contribution in [0.5, 0.6) is 0 Å². The SMILES string of the molecule is C=CCCCN(C)C(=O)N1C2CCC1C(C(=O)O)C2. The van der Waals surface area contributed by atoms with Crippen LogP contribution >= 0.6 is 0 Å². The van der Waals surface area contributed by atoms with Gasteiger partial charge >= 0.3 is 12.0 Å². The lowest BCUT2D eigenvalue weighted by Crippen LogP contribution is -2.45. The first-order chi connectivity index (χ1) is 9.06. The van der Waals surface area contributed by atoms with E-state index in [0.717, 1.165) is 25.7 Å². The number of hydrogen-bond acceptors (Lipinski definition) is 2. The molecule has 2 bridgehead atoms. The summed E-state index contributed by atoms with van der Waals surface area (Å²) in [6.45, 7) is 4.36. The van der Waals surface area contributed by atoms with Gasteiger partial charge in [-0.25, -0.2) is 4.79 Å². The maximum Gasteiger partial charge on any atom is 0.320 e. The second-order valence-electron chi connectivity index (χ2n) is 5.52. The molecule has 2 aliphatic rings. The summed E-state index contributed by atoms with van der Waals surface area (Å²) in [6.07, 6.45) is 6.03. The van der Waals surface area contributed by atoms with Gasteiger partial charge in [0.2, 0.25) is 0 Å². The summed E-state index contributed by atoms with van der Waals surface area (Å²) >= 11 is 0. The highest BCUT2D eigenvalue weighted by atomic mass is 16.4. The normalized spacial score (nSPS) is 28.5. The molecule has 2 aliphatic heterocycles. The number of unbranched alkanes of at least 4 members (excludes halogenated alkanes) is 1. The molecule has 0 saturated carbocycles. The van der Waals surface area contributed by atoms with Gasteiger partial charge in [0.15, 0.2) is 0 Å². The number of hydrogen-bond donors (Lipinski definition) is 1. The summed E-state index contributed by atoms with van der Waals surface area (Å²) in [5.74, 6) is -1.14. The molecular formula is C14H22N2O3. The largest absolute Gasteiger partial charge is 0.481 e. The Hall–Kier alpha value is -1.52. The molecule has 106 valence electrons. The third-order valence-corrected chi connectivity index (χ3v) is 4.30. The van der Waals surface area contributed by atoms with Crippen LogP contribution in [0.4, 0.5) is 4.79 Å². The first-order valence-corrected chi connectivity index (χ1v) is 6.93. The Bertz CT molecular complexity index is 383. The van der Waals surface area contributed by atoms with E-state index in [1.807, 2.05) is 11.0 Å². The van der Waals surface area contributed by atoms with Crippen LogP contribution in [0.15, 0.2) is 12.7 Å². The summed E-state index contributed by atoms with van der Waals surface area (Å²) < 4.78 is 0. The zero-order valence-corrected chi connectivity index (χ0v) is 11.4. The van der Waals surface area contributed by atoms with E-state index in [-0.39, 0.29) is 24.0 Å². The number of allylic oxidation sites excluding steroid dienone is 1. The Kier molecular flexibility index (Phi) is 4.12. The molecule has 5 nitrogen and oxygen atoms in total. The van der Waals surface area contributed by atoms with Crippen molar-refractivity contribution in [3.63, 3.8) is 0 Å². The predicted octanol–water partition coefficient (Wildman–Crippen LogP) is 1.94. The number of urea groups is 1. The van der Waals surface area contributed by atoms with E-state index in [2.05, 4.69) is 6.58 Å². The molecule has 3 unspecified atom stereocenters. The summed E-state index contributed by atoms with van der Waals surface area (Å²) in [6, 6.07) is 0.0117. The minimum absolute atomic E-state index is 0.0136. The Morgan fingerprint density at radius 3 is 2.79 bits per heavy atom. The number of amides is 2. The van der Waals surface area contributed by atoms with Crippen molar-refractivity contribution in [1.29, 1.82) is 0 Å². The van der Waals surface area contributed by atoms with Gasteiger partial charge in [-0.1, -0.05) is 6.08 Å². The Labute approximate surface area is 113 Å². The van der Waals surface area contributed by atoms with E-state index in [1.54, 1.807) is 11.9 Å². The zero-order valence-electron chi connectivity index (χ0n) is 11.4. The molecule has 19 heavy (non-hydrogen) atoms. The van der Waals surface area contributed by atoms with Gasteiger partial charge < -0.3 is 14.9 Å². The number of carbonyl (C=O) groups excluding carboxylic acids is 1. The van der Waals surface area contributed by atoms with Crippen LogP contribution in [-0.4, -0.2) is 52.6 Å². The molecule has 2 amide bonds. The molecule has 3 atom stereocenters. The van der Waals surface area contributed by atoms with Crippen molar-refractivity contribution in [2.24, 2.45) is 5.92 Å². The van der Waals surface area contributed by atoms with Crippen LogP contribution in [0.1, 0.15) is 32.1 Å². The van der Waals surface area contributed by atoms with Gasteiger partial charge in [0.05, 0.1) is 5.92 Å². The van der Waals surface area contributed by atoms with Crippen molar-refractivity contribution in [3.05, 3.63) is 12.7 Å². The maximum absolute atomic E-state index is 12.4. The fourth-order valence-electron chi connectivity index (χ4n) is 3.32. The molecule has 0 spiro atoms. The molecule has 2 saturated heterocycles. The van der Waals surface area contributed by atoms with E-state index < -0.39 is 5.97 Å². The van der Waals surface area contributed by atoms with Gasteiger partial charge in [0, 0.05) is 25.7 Å². The number of aliphatic carboxylic acids is 1. The Morgan fingerprint density at radius 2 is 2.21 bits per heavy atom. The van der Waals surface area contributed by atoms with E-state index in [9.17, 15) is 14.7 Å². The Balaban J connectivity index is 1.96. The lowest BCUT2D eigenvalue weighted by atomic mass is 9.89. The molecule has 1 N–H and O–H groups in total. The molecule has 2 fully saturated rings. The summed E-state index contributed by atoms with van der Waals surface area (Å²) in [5.41, 5.74) is 0. The van der Waals surface area contributed by atoms with Gasteiger partial charge in [0.25, 0.3) is 0 Å². The van der Waals surface area contributed by atoms with Crippen LogP contribution < -0.4 is 0 Å². The van der Waals surface area contributed by atoms with Gasteiger partial charge in [-0.3, -0.25) is 4.79 Å². The van der Waals surface area contributed by atoms with Crippen molar-refractivity contribution >= 4 is 12.0 Å². The van der Waals surface area contributed by atoms with Crippen molar-refractivity contribution in [2.75, 3.05) is 13.6 Å². The zero-order chi connectivity index (χ0) is 14.0. The third kappa shape index (κ3) is 2.60. The number of nitrogens with zero attached hydrogens (tertiary/aromatic N) is 2. The van der Waals surface area contributed by atoms with Crippen LogP contribution in [-0.2, 0) is 4.79 Å². The molecule has 0 aromatic rings. The van der Waals surface area contributed by atoms with Crippen LogP contribution in [0.25, 0.3) is 0 Å². The van der Waals surface area contributed by atoms with Gasteiger partial charge in [0.1, 0.15) is 0 Å². The Morgan fingerprint density at radius 1 is 1.47 bits per heavy atom. The molecule has 5 heteroatoms. The fourth-order valence-corrected chi connectivity index (χ4v) is 3.32. The average molecular weight is 266 g/mol. The standard InChI is InChI=1S/C14H22N2O3/c1-3-4-5-8-15(2)14(19)16-10-6-7-12(16)11(9-10)13(17)18/h3,10-12H,1,4-9H2,2H3,(H,17,18). The number of fused-ring (bicyclic) bond motifs is 2. The highest BCUT2D eigenvalue weighted by Gasteiger charge is 2.51. The summed E-state index contributed by atoms with van der Waals surface area (Å²) in [4.78, 5) is 27.1. The highest BCUT2D eigenvalue weighted by molar-refractivity contribution is 5.79. The van der Waals surface area contributed by atoms with Crippen LogP contribution in [0.2, 0.25) is 0 Å². The van der Waals surface area contributed by atoms with E-state index in [4.69, 9.17) is 0 Å². The minimum atomic E-state index is -0.765. The molecule has 0 radical (unpaired) electrons. The second kappa shape index (κ2) is 5.63. The lowest BCUT2D eigenvalue weighted by molar-refractivity contribution is -0.142. The molecular weight excluding hydrogens is 244 g/mol. The van der Waals surface area contributed by atoms with E-state index in [0.29, 0.717) is 13.0 Å². The molecule has 0 aliphatic carbocycles. The number of carboxylic acids is 1. The van der Waals surface area contributed by atoms with Gasteiger partial charge in [-0.2, -0.15) is 0 Å². The van der Waals surface area contributed by atoms with E-state index in [1.165, 1.54) is 0 Å². The number of carbonyl (C=O) groups is 2. The highest BCUT2D eigenvalue weighted by Crippen LogP contribution is 2.42. The van der Waals surface area contributed by atoms with Crippen molar-refractivity contribution in [1.82, 2.24) is 9.80 Å². The third-order valence-electron chi connectivity index (χ3n) is 4.30. The smallest absolute Gasteiger partial charge is 0.320 e. The van der Waals surface area contributed by atoms with Gasteiger partial charge in [-0.15, -0.1) is 6.58 Å². The average Bonchev–Trinajstić information content (AvgIpc) is 2.95. The van der Waals surface area contributed by atoms with E-state index >= 15 is 0 Å². The molecule has 0 aromatic carbocycles. The number of rotatable bonds is 5. The quantitative estimate of drug-likeness (QED) is 0.611. The maximum atomic E-state index is 12.4. The first-order valence-electron chi connectivity index (χ1n) is 6.93. The van der Waals surface area contributed by atoms with Crippen molar-refractivity contribution in [2.45, 2.75) is 44.2 Å². The van der Waals surface area contributed by atoms with Crippen molar-refractivity contribution in [3.8, 4) is 0 Å². The predicted molar refractivity (Wildman–Crippen MR) is 71.8 cm³/mol. The van der Waals surface area contributed by atoms with Crippen LogP contribution in [0, 0.1) is 5.92 Å². The second-order valence-corrected chi connectivity index (χ2v) is 5.52. The topological polar surface area (TPSA) is 60.9 Å². The number of carboxylic acid groups (broad SMARTS) is 1. The van der Waals surface area contributed by atoms with Crippen molar-refractivity contribution < 1.29 is 14.7 Å². The minimum Gasteiger partial charge on any atom is -0.481 e. The molecule has 0 aromatic heterocycles. The summed E-state index contributed by atoms with van der Waals surface area (Å²) in [7, 11) is 1.79. The fraction of sp³-hybridized carbons (Fsp3) is 0.714. The monoisotopic (exact) mass is 266 g/mol. The molecule has 2 heterocycles. The van der Waals surface area contributed by atoms with Gasteiger partial charge in [-0.05, 0) is 32.1 Å². The van der Waals surface area contributed by atoms with Crippen LogP contribution in [0.3, 0.4) is 0 Å². The molecule has 2 rings (SSSR count). The first kappa shape index (κ1) is 13.9. The summed E-state index contributed by atoms with van der Waals surface area (Å²) in [5, 5.41) is 9.18. The lowest BCUT2D eigenvalue weighted by Gasteiger charge is -2.28.